The molecular weight excluding hydrogens is 262 g/mol. The van der Waals surface area contributed by atoms with Crippen LogP contribution in [0.1, 0.15) is 12.2 Å². The van der Waals surface area contributed by atoms with E-state index in [9.17, 15) is 4.79 Å². The Hall–Kier alpha value is -1.40. The Bertz CT molecular complexity index is 549. The average Bonchev–Trinajstić information content (AvgIpc) is 2.82. The van der Waals surface area contributed by atoms with Crippen molar-refractivity contribution in [1.29, 1.82) is 0 Å². The highest BCUT2D eigenvalue weighted by molar-refractivity contribution is 7.19. The van der Waals surface area contributed by atoms with Crippen LogP contribution in [0.2, 0.25) is 4.34 Å². The van der Waals surface area contributed by atoms with E-state index >= 15 is 0 Å². The minimum atomic E-state index is -0.849. The zero-order chi connectivity index (χ0) is 12.4. The fraction of sp³-hybridized carbons (Fsp3) is 0.300. The first-order valence-corrected chi connectivity index (χ1v) is 6.13. The van der Waals surface area contributed by atoms with Crippen molar-refractivity contribution in [2.24, 2.45) is 7.05 Å². The molecule has 0 aliphatic carbocycles. The Labute approximate surface area is 107 Å². The number of nitrogens with zero attached hydrogens (tertiary/aromatic N) is 3. The highest BCUT2D eigenvalue weighted by Crippen LogP contribution is 2.29. The van der Waals surface area contributed by atoms with Crippen LogP contribution in [0.15, 0.2) is 12.1 Å². The van der Waals surface area contributed by atoms with Crippen molar-refractivity contribution in [3.63, 3.8) is 0 Å². The maximum atomic E-state index is 10.5. The molecule has 0 amide bonds. The summed E-state index contributed by atoms with van der Waals surface area (Å²) in [6, 6.07) is 3.67. The fourth-order valence-corrected chi connectivity index (χ4v) is 2.47. The van der Waals surface area contributed by atoms with Gasteiger partial charge in [-0.3, -0.25) is 4.79 Å². The Balaban J connectivity index is 2.21. The number of carboxylic acids is 1. The maximum absolute atomic E-state index is 10.5. The van der Waals surface area contributed by atoms with Crippen molar-refractivity contribution in [1.82, 2.24) is 14.8 Å². The minimum absolute atomic E-state index is 0.0364. The van der Waals surface area contributed by atoms with Gasteiger partial charge in [-0.1, -0.05) is 11.6 Å². The van der Waals surface area contributed by atoms with E-state index in [2.05, 4.69) is 10.1 Å². The van der Waals surface area contributed by atoms with Gasteiger partial charge in [0.1, 0.15) is 0 Å². The molecule has 0 aliphatic heterocycles. The predicted octanol–water partition coefficient (Wildman–Crippen LogP) is 2.21. The summed E-state index contributed by atoms with van der Waals surface area (Å²) in [5.74, 6) is 0.398. The van der Waals surface area contributed by atoms with Gasteiger partial charge in [-0.25, -0.2) is 9.67 Å². The Morgan fingerprint density at radius 2 is 2.35 bits per heavy atom. The van der Waals surface area contributed by atoms with E-state index in [1.165, 1.54) is 11.3 Å². The third-order valence-electron chi connectivity index (χ3n) is 2.16. The lowest BCUT2D eigenvalue weighted by molar-refractivity contribution is -0.137. The predicted molar refractivity (Wildman–Crippen MR) is 65.3 cm³/mol. The summed E-state index contributed by atoms with van der Waals surface area (Å²) in [5, 5.41) is 12.8. The summed E-state index contributed by atoms with van der Waals surface area (Å²) < 4.78 is 2.33. The smallest absolute Gasteiger partial charge is 0.303 e. The molecule has 2 aromatic rings. The normalized spacial score (nSPS) is 10.7. The number of carboxylic acid groups (broad SMARTS) is 1. The molecule has 0 fully saturated rings. The van der Waals surface area contributed by atoms with Crippen molar-refractivity contribution in [3.05, 3.63) is 22.3 Å². The van der Waals surface area contributed by atoms with E-state index in [1.807, 2.05) is 6.07 Å². The first kappa shape index (κ1) is 12.1. The van der Waals surface area contributed by atoms with Crippen molar-refractivity contribution < 1.29 is 9.90 Å². The summed E-state index contributed by atoms with van der Waals surface area (Å²) in [4.78, 5) is 15.7. The molecule has 0 saturated heterocycles. The van der Waals surface area contributed by atoms with E-state index in [-0.39, 0.29) is 6.42 Å². The summed E-state index contributed by atoms with van der Waals surface area (Å²) in [7, 11) is 1.78. The Kier molecular flexibility index (Phi) is 3.44. The van der Waals surface area contributed by atoms with Crippen LogP contribution in [0, 0.1) is 0 Å². The van der Waals surface area contributed by atoms with Crippen molar-refractivity contribution in [2.75, 3.05) is 0 Å². The van der Waals surface area contributed by atoms with Gasteiger partial charge in [0.15, 0.2) is 11.6 Å². The first-order valence-electron chi connectivity index (χ1n) is 4.93. The zero-order valence-electron chi connectivity index (χ0n) is 9.05. The van der Waals surface area contributed by atoms with Gasteiger partial charge < -0.3 is 5.11 Å². The van der Waals surface area contributed by atoms with Crippen LogP contribution in [-0.2, 0) is 18.3 Å². The van der Waals surface area contributed by atoms with Gasteiger partial charge in [0.25, 0.3) is 0 Å². The number of aliphatic carboxylic acids is 1. The number of halogens is 1. The standard InChI is InChI=1S/C10H10ClN3O2S/c1-14-10(6-2-3-7(11)17-6)12-8(13-14)4-5-9(15)16/h2-3H,4-5H2,1H3,(H,15,16). The number of thiophene rings is 1. The highest BCUT2D eigenvalue weighted by atomic mass is 35.5. The number of hydrogen-bond acceptors (Lipinski definition) is 4. The second kappa shape index (κ2) is 4.85. The summed E-state index contributed by atoms with van der Waals surface area (Å²) >= 11 is 7.27. The summed E-state index contributed by atoms with van der Waals surface area (Å²) in [6.45, 7) is 0. The number of aromatic nitrogens is 3. The van der Waals surface area contributed by atoms with Crippen LogP contribution < -0.4 is 0 Å². The maximum Gasteiger partial charge on any atom is 0.303 e. The quantitative estimate of drug-likeness (QED) is 0.926. The number of rotatable bonds is 4. The SMILES string of the molecule is Cn1nc(CCC(=O)O)nc1-c1ccc(Cl)s1. The molecule has 2 rings (SSSR count). The van der Waals surface area contributed by atoms with Crippen molar-refractivity contribution >= 4 is 28.9 Å². The molecule has 2 aromatic heterocycles. The van der Waals surface area contributed by atoms with Gasteiger partial charge in [-0.15, -0.1) is 11.3 Å². The van der Waals surface area contributed by atoms with E-state index in [1.54, 1.807) is 17.8 Å². The fourth-order valence-electron chi connectivity index (χ4n) is 1.41. The van der Waals surface area contributed by atoms with Crippen LogP contribution in [0.3, 0.4) is 0 Å². The molecule has 0 aliphatic rings. The number of carbonyl (C=O) groups is 1. The van der Waals surface area contributed by atoms with Gasteiger partial charge in [-0.2, -0.15) is 5.10 Å². The summed E-state index contributed by atoms with van der Waals surface area (Å²) in [5.41, 5.74) is 0. The Morgan fingerprint density at radius 1 is 1.59 bits per heavy atom. The molecule has 5 nitrogen and oxygen atoms in total. The van der Waals surface area contributed by atoms with Gasteiger partial charge in [0.2, 0.25) is 0 Å². The average molecular weight is 272 g/mol. The number of hydrogen-bond donors (Lipinski definition) is 1. The monoisotopic (exact) mass is 271 g/mol. The second-order valence-corrected chi connectivity index (χ2v) is 5.19. The zero-order valence-corrected chi connectivity index (χ0v) is 10.6. The minimum Gasteiger partial charge on any atom is -0.481 e. The van der Waals surface area contributed by atoms with Gasteiger partial charge in [0.05, 0.1) is 15.6 Å². The van der Waals surface area contributed by atoms with Crippen LogP contribution >= 0.6 is 22.9 Å². The lowest BCUT2D eigenvalue weighted by atomic mass is 10.3. The molecule has 0 unspecified atom stereocenters. The molecule has 1 N–H and O–H groups in total. The third-order valence-corrected chi connectivity index (χ3v) is 3.39. The molecule has 7 heteroatoms. The van der Waals surface area contributed by atoms with Gasteiger partial charge >= 0.3 is 5.97 Å². The van der Waals surface area contributed by atoms with Crippen molar-refractivity contribution in [3.8, 4) is 10.7 Å². The first-order chi connectivity index (χ1) is 8.06. The molecule has 0 saturated carbocycles. The molecular formula is C10H10ClN3O2S. The largest absolute Gasteiger partial charge is 0.481 e. The lowest BCUT2D eigenvalue weighted by Crippen LogP contribution is -1.99. The molecule has 17 heavy (non-hydrogen) atoms. The molecule has 90 valence electrons. The molecule has 0 atom stereocenters. The number of aryl methyl sites for hydroxylation is 2. The Morgan fingerprint density at radius 3 is 2.94 bits per heavy atom. The molecule has 2 heterocycles. The van der Waals surface area contributed by atoms with Crippen LogP contribution in [-0.4, -0.2) is 25.8 Å². The summed E-state index contributed by atoms with van der Waals surface area (Å²) in [6.07, 6.45) is 0.372. The van der Waals surface area contributed by atoms with E-state index in [0.717, 1.165) is 4.88 Å². The molecule has 0 aromatic carbocycles. The molecule has 0 spiro atoms. The topological polar surface area (TPSA) is 68.0 Å². The lowest BCUT2D eigenvalue weighted by Gasteiger charge is -1.93. The van der Waals surface area contributed by atoms with Crippen LogP contribution in [0.25, 0.3) is 10.7 Å². The van der Waals surface area contributed by atoms with Crippen LogP contribution in [0.4, 0.5) is 0 Å². The van der Waals surface area contributed by atoms with E-state index < -0.39 is 5.97 Å². The van der Waals surface area contributed by atoms with Gasteiger partial charge in [0, 0.05) is 13.5 Å². The highest BCUT2D eigenvalue weighted by Gasteiger charge is 2.12. The molecule has 0 radical (unpaired) electrons. The third kappa shape index (κ3) is 2.83. The second-order valence-electron chi connectivity index (χ2n) is 3.47. The van der Waals surface area contributed by atoms with E-state index in [0.29, 0.717) is 22.4 Å². The van der Waals surface area contributed by atoms with Gasteiger partial charge in [-0.05, 0) is 12.1 Å². The van der Waals surface area contributed by atoms with E-state index in [4.69, 9.17) is 16.7 Å². The van der Waals surface area contributed by atoms with Crippen LogP contribution in [0.5, 0.6) is 0 Å². The molecule has 0 bridgehead atoms. The van der Waals surface area contributed by atoms with Crippen molar-refractivity contribution in [2.45, 2.75) is 12.8 Å².